The van der Waals surface area contributed by atoms with E-state index in [1.807, 2.05) is 19.2 Å². The average molecular weight is 659 g/mol. The highest BCUT2D eigenvalue weighted by atomic mass is 79.9. The maximum atomic E-state index is 13.0. The molecule has 1 aliphatic carbocycles. The quantitative estimate of drug-likeness (QED) is 0.353. The molecule has 3 heterocycles. The first kappa shape index (κ1) is 31.3. The van der Waals surface area contributed by atoms with Gasteiger partial charge in [0.15, 0.2) is 0 Å². The highest BCUT2D eigenvalue weighted by Crippen LogP contribution is 2.41. The zero-order valence-electron chi connectivity index (χ0n) is 25.0. The van der Waals surface area contributed by atoms with Crippen LogP contribution in [0, 0.1) is 17.8 Å². The molecule has 1 aromatic carbocycles. The molecule has 1 aromatic heterocycles. The predicted molar refractivity (Wildman–Crippen MR) is 171 cm³/mol. The monoisotopic (exact) mass is 657 g/mol. The molecule has 2 unspecified atom stereocenters. The van der Waals surface area contributed by atoms with Gasteiger partial charge in [-0.2, -0.15) is 0 Å². The van der Waals surface area contributed by atoms with Crippen molar-refractivity contribution < 1.29 is 9.59 Å². The summed E-state index contributed by atoms with van der Waals surface area (Å²) in [4.78, 5) is 35.8. The van der Waals surface area contributed by atoms with Crippen LogP contribution in [0.5, 0.6) is 0 Å². The Bertz CT molecular complexity index is 1210. The Hall–Kier alpha value is -2.16. The number of nitrogens with zero attached hydrogens (tertiary/aromatic N) is 4. The van der Waals surface area contributed by atoms with Gasteiger partial charge < -0.3 is 15.5 Å². The van der Waals surface area contributed by atoms with Crippen LogP contribution in [0.25, 0.3) is 0 Å². The molecule has 0 bridgehead atoms. The van der Waals surface area contributed by atoms with Gasteiger partial charge in [0.05, 0.1) is 11.7 Å². The Morgan fingerprint density at radius 2 is 1.74 bits per heavy atom. The summed E-state index contributed by atoms with van der Waals surface area (Å²) in [5, 5.41) is 0.803. The minimum Gasteiger partial charge on any atom is -0.351 e. The number of piperidine rings is 2. The SMILES string of the molecule is CCN(CCC(C)CC(=O)N1CCC(C2CCN(C3c4ccc(Cl)cc4CCc4cc(Br)cnc43)CC2)CC1)C(N)=O. The Balaban J connectivity index is 1.15. The number of aryl methyl sites for hydroxylation is 2. The van der Waals surface area contributed by atoms with E-state index in [1.54, 1.807) is 4.90 Å². The average Bonchev–Trinajstić information content (AvgIpc) is 3.13. The summed E-state index contributed by atoms with van der Waals surface area (Å²) < 4.78 is 1.04. The molecule has 0 radical (unpaired) electrons. The van der Waals surface area contributed by atoms with Crippen molar-refractivity contribution in [1.29, 1.82) is 0 Å². The fraction of sp³-hybridized carbons (Fsp3) is 0.606. The number of primary amides is 1. The van der Waals surface area contributed by atoms with Crippen LogP contribution in [-0.4, -0.2) is 70.9 Å². The van der Waals surface area contributed by atoms with Crippen LogP contribution in [0.1, 0.15) is 80.8 Å². The molecule has 0 spiro atoms. The number of carbonyl (C=O) groups excluding carboxylic acids is 2. The van der Waals surface area contributed by atoms with Crippen molar-refractivity contribution in [2.24, 2.45) is 23.5 Å². The molecule has 2 N–H and O–H groups in total. The third-order valence-corrected chi connectivity index (χ3v) is 10.6. The Morgan fingerprint density at radius 3 is 2.40 bits per heavy atom. The number of aromatic nitrogens is 1. The zero-order valence-corrected chi connectivity index (χ0v) is 27.4. The minimum atomic E-state index is -0.386. The molecule has 228 valence electrons. The first-order valence-electron chi connectivity index (χ1n) is 15.7. The molecule has 42 heavy (non-hydrogen) atoms. The van der Waals surface area contributed by atoms with Crippen LogP contribution in [0.15, 0.2) is 34.9 Å². The topological polar surface area (TPSA) is 82.8 Å². The van der Waals surface area contributed by atoms with Crippen molar-refractivity contribution in [3.63, 3.8) is 0 Å². The number of halogens is 2. The van der Waals surface area contributed by atoms with Crippen molar-refractivity contribution in [3.8, 4) is 0 Å². The molecule has 5 rings (SSSR count). The Labute approximate surface area is 264 Å². The number of pyridine rings is 1. The first-order chi connectivity index (χ1) is 20.2. The first-order valence-corrected chi connectivity index (χ1v) is 16.9. The molecule has 7 nitrogen and oxygen atoms in total. The summed E-state index contributed by atoms with van der Waals surface area (Å²) in [6, 6.07) is 8.42. The number of hydrogen-bond acceptors (Lipinski definition) is 4. The molecule has 3 aliphatic rings. The van der Waals surface area contributed by atoms with Crippen molar-refractivity contribution in [3.05, 3.63) is 62.3 Å². The van der Waals surface area contributed by atoms with E-state index in [9.17, 15) is 9.59 Å². The molecule has 9 heteroatoms. The van der Waals surface area contributed by atoms with Crippen molar-refractivity contribution in [1.82, 2.24) is 19.7 Å². The van der Waals surface area contributed by atoms with E-state index in [0.29, 0.717) is 31.3 Å². The number of rotatable bonds is 8. The molecule has 3 amide bonds. The lowest BCUT2D eigenvalue weighted by Crippen LogP contribution is -2.44. The lowest BCUT2D eigenvalue weighted by atomic mass is 9.78. The van der Waals surface area contributed by atoms with E-state index >= 15 is 0 Å². The van der Waals surface area contributed by atoms with E-state index in [0.717, 1.165) is 67.8 Å². The Morgan fingerprint density at radius 1 is 1.07 bits per heavy atom. The van der Waals surface area contributed by atoms with Gasteiger partial charge in [0.25, 0.3) is 0 Å². The molecular weight excluding hydrogens is 614 g/mol. The maximum Gasteiger partial charge on any atom is 0.314 e. The smallest absolute Gasteiger partial charge is 0.314 e. The van der Waals surface area contributed by atoms with Gasteiger partial charge in [-0.25, -0.2) is 4.79 Å². The molecule has 0 saturated carbocycles. The minimum absolute atomic E-state index is 0.164. The molecular formula is C33H45BrClN5O2. The number of carbonyl (C=O) groups is 2. The van der Waals surface area contributed by atoms with E-state index in [-0.39, 0.29) is 23.9 Å². The fourth-order valence-corrected chi connectivity index (χ4v) is 7.95. The summed E-state index contributed by atoms with van der Waals surface area (Å²) in [7, 11) is 0. The second-order valence-corrected chi connectivity index (χ2v) is 13.9. The maximum absolute atomic E-state index is 13.0. The normalized spacial score (nSPS) is 20.9. The van der Waals surface area contributed by atoms with Crippen LogP contribution < -0.4 is 5.73 Å². The highest BCUT2D eigenvalue weighted by molar-refractivity contribution is 9.10. The summed E-state index contributed by atoms with van der Waals surface area (Å²) in [5.41, 5.74) is 10.6. The van der Waals surface area contributed by atoms with Gasteiger partial charge in [-0.15, -0.1) is 0 Å². The number of urea groups is 1. The Kier molecular flexibility index (Phi) is 10.5. The third kappa shape index (κ3) is 7.31. The van der Waals surface area contributed by atoms with Crippen LogP contribution in [0.3, 0.4) is 0 Å². The standard InChI is InChI=1S/C33H45BrClN5O2/c1-3-38(33(36)42)13-8-22(2)18-30(41)39-14-9-23(10-15-39)24-11-16-40(17-12-24)32-29-7-6-28(35)20-25(29)4-5-26-19-27(34)21-37-31(26)32/h6-7,19-24,32H,3-5,8-18H2,1-2H3,(H2,36,42). The number of amides is 3. The summed E-state index contributed by atoms with van der Waals surface area (Å²) in [6.45, 7) is 9.09. The summed E-state index contributed by atoms with van der Waals surface area (Å²) >= 11 is 10.1. The van der Waals surface area contributed by atoms with Crippen LogP contribution in [0.2, 0.25) is 5.02 Å². The molecule has 2 atom stereocenters. The number of benzene rings is 1. The van der Waals surface area contributed by atoms with Gasteiger partial charge in [0, 0.05) is 48.3 Å². The lowest BCUT2D eigenvalue weighted by Gasteiger charge is -2.42. The van der Waals surface area contributed by atoms with Gasteiger partial charge >= 0.3 is 6.03 Å². The lowest BCUT2D eigenvalue weighted by molar-refractivity contribution is -0.133. The number of nitrogens with two attached hydrogens (primary N) is 1. The number of fused-ring (bicyclic) bond motifs is 2. The van der Waals surface area contributed by atoms with Gasteiger partial charge in [-0.1, -0.05) is 24.6 Å². The van der Waals surface area contributed by atoms with E-state index in [1.165, 1.54) is 35.2 Å². The van der Waals surface area contributed by atoms with Gasteiger partial charge in [-0.05, 0) is 134 Å². The third-order valence-electron chi connectivity index (χ3n) is 9.90. The number of hydrogen-bond donors (Lipinski definition) is 1. The van der Waals surface area contributed by atoms with Gasteiger partial charge in [0.1, 0.15) is 0 Å². The van der Waals surface area contributed by atoms with E-state index in [4.69, 9.17) is 22.3 Å². The largest absolute Gasteiger partial charge is 0.351 e. The van der Waals surface area contributed by atoms with Crippen molar-refractivity contribution >= 4 is 39.5 Å². The van der Waals surface area contributed by atoms with E-state index in [2.05, 4.69) is 50.9 Å². The van der Waals surface area contributed by atoms with Gasteiger partial charge in [0.2, 0.25) is 5.91 Å². The summed E-state index contributed by atoms with van der Waals surface area (Å²) in [5.74, 6) is 1.88. The molecule has 2 aromatic rings. The molecule has 2 fully saturated rings. The summed E-state index contributed by atoms with van der Waals surface area (Å²) in [6.07, 6.45) is 9.81. The second kappa shape index (κ2) is 14.1. The fourth-order valence-electron chi connectivity index (χ4n) is 7.38. The van der Waals surface area contributed by atoms with Gasteiger partial charge in [-0.3, -0.25) is 14.7 Å². The second-order valence-electron chi connectivity index (χ2n) is 12.6. The van der Waals surface area contributed by atoms with Crippen LogP contribution in [0.4, 0.5) is 4.79 Å². The van der Waals surface area contributed by atoms with E-state index < -0.39 is 0 Å². The predicted octanol–water partition coefficient (Wildman–Crippen LogP) is 6.45. The zero-order chi connectivity index (χ0) is 29.8. The van der Waals surface area contributed by atoms with Crippen LogP contribution in [-0.2, 0) is 17.6 Å². The molecule has 2 saturated heterocycles. The van der Waals surface area contributed by atoms with Crippen molar-refractivity contribution in [2.75, 3.05) is 39.3 Å². The number of likely N-dealkylation sites (tertiary alicyclic amines) is 2. The molecule has 2 aliphatic heterocycles. The highest BCUT2D eigenvalue weighted by Gasteiger charge is 2.36. The van der Waals surface area contributed by atoms with Crippen LogP contribution >= 0.6 is 27.5 Å². The van der Waals surface area contributed by atoms with Crippen molar-refractivity contribution in [2.45, 2.75) is 71.3 Å².